The van der Waals surface area contributed by atoms with Gasteiger partial charge in [-0.25, -0.2) is 0 Å². The van der Waals surface area contributed by atoms with E-state index in [1.54, 1.807) is 16.5 Å². The van der Waals surface area contributed by atoms with Crippen LogP contribution >= 0.6 is 0 Å². The summed E-state index contributed by atoms with van der Waals surface area (Å²) in [4.78, 5) is 10.7. The van der Waals surface area contributed by atoms with Crippen molar-refractivity contribution < 1.29 is 9.90 Å². The zero-order valence-electron chi connectivity index (χ0n) is 8.34. The van der Waals surface area contributed by atoms with Crippen molar-refractivity contribution in [2.24, 2.45) is 0 Å². The van der Waals surface area contributed by atoms with Gasteiger partial charge in [0.25, 0.3) is 0 Å². The van der Waals surface area contributed by atoms with E-state index in [0.29, 0.717) is 11.3 Å². The molecule has 2 heterocycles. The van der Waals surface area contributed by atoms with E-state index < -0.39 is 5.97 Å². The van der Waals surface area contributed by atoms with E-state index in [4.69, 9.17) is 5.11 Å². The molecule has 0 aromatic carbocycles. The highest BCUT2D eigenvalue weighted by atomic mass is 16.4. The molecule has 1 N–H and O–H groups in total. The van der Waals surface area contributed by atoms with E-state index in [9.17, 15) is 4.79 Å². The fourth-order valence-electron chi connectivity index (χ4n) is 1.59. The minimum absolute atomic E-state index is 0.0115. The van der Waals surface area contributed by atoms with Crippen LogP contribution in [0, 0.1) is 0 Å². The third-order valence-corrected chi connectivity index (χ3v) is 2.22. The first-order chi connectivity index (χ1) is 7.22. The first kappa shape index (κ1) is 9.64. The number of carboxylic acid groups (broad SMARTS) is 1. The van der Waals surface area contributed by atoms with Crippen molar-refractivity contribution in [3.05, 3.63) is 29.7 Å². The molecule has 0 unspecified atom stereocenters. The molecule has 15 heavy (non-hydrogen) atoms. The van der Waals surface area contributed by atoms with Crippen LogP contribution in [0.5, 0.6) is 0 Å². The topological polar surface area (TPSA) is 67.5 Å². The van der Waals surface area contributed by atoms with Gasteiger partial charge in [0.1, 0.15) is 5.82 Å². The summed E-state index contributed by atoms with van der Waals surface area (Å²) in [7, 11) is 0. The first-order valence-corrected chi connectivity index (χ1v) is 4.76. The van der Waals surface area contributed by atoms with Crippen LogP contribution in [0.15, 0.2) is 18.2 Å². The van der Waals surface area contributed by atoms with Crippen molar-refractivity contribution in [3.8, 4) is 0 Å². The predicted octanol–water partition coefficient (Wildman–Crippen LogP) is 0.919. The molecule has 0 bridgehead atoms. The molecular formula is C10H11N3O2. The van der Waals surface area contributed by atoms with Gasteiger partial charge in [0.05, 0.1) is 6.42 Å². The number of hydrogen-bond donors (Lipinski definition) is 1. The van der Waals surface area contributed by atoms with Gasteiger partial charge in [-0.1, -0.05) is 13.0 Å². The molecule has 0 saturated heterocycles. The number of carboxylic acids is 1. The maximum atomic E-state index is 10.7. The lowest BCUT2D eigenvalue weighted by Crippen LogP contribution is -2.07. The van der Waals surface area contributed by atoms with Gasteiger partial charge in [-0.05, 0) is 12.1 Å². The van der Waals surface area contributed by atoms with Crippen LogP contribution in [-0.2, 0) is 17.6 Å². The van der Waals surface area contributed by atoms with Crippen molar-refractivity contribution >= 4 is 11.6 Å². The van der Waals surface area contributed by atoms with Gasteiger partial charge in [-0.2, -0.15) is 0 Å². The molecule has 0 spiro atoms. The summed E-state index contributed by atoms with van der Waals surface area (Å²) in [6.45, 7) is 1.97. The van der Waals surface area contributed by atoms with Crippen LogP contribution in [0.1, 0.15) is 18.4 Å². The van der Waals surface area contributed by atoms with Crippen molar-refractivity contribution in [1.82, 2.24) is 14.6 Å². The number of fused-ring (bicyclic) bond motifs is 1. The summed E-state index contributed by atoms with van der Waals surface area (Å²) in [5.74, 6) is -0.0555. The van der Waals surface area contributed by atoms with Gasteiger partial charge >= 0.3 is 5.97 Å². The number of carbonyl (C=O) groups is 1. The Labute approximate surface area is 86.4 Å². The molecule has 2 rings (SSSR count). The van der Waals surface area contributed by atoms with Gasteiger partial charge in [0.15, 0.2) is 5.65 Å². The molecule has 2 aromatic heterocycles. The van der Waals surface area contributed by atoms with E-state index in [-0.39, 0.29) is 6.42 Å². The van der Waals surface area contributed by atoms with E-state index in [2.05, 4.69) is 10.2 Å². The second kappa shape index (κ2) is 3.68. The number of pyridine rings is 1. The van der Waals surface area contributed by atoms with E-state index in [1.807, 2.05) is 13.0 Å². The predicted molar refractivity (Wildman–Crippen MR) is 53.7 cm³/mol. The largest absolute Gasteiger partial charge is 0.481 e. The molecular weight excluding hydrogens is 194 g/mol. The third kappa shape index (κ3) is 1.68. The Balaban J connectivity index is 2.61. The Kier molecular flexibility index (Phi) is 2.37. The van der Waals surface area contributed by atoms with Crippen LogP contribution in [0.2, 0.25) is 0 Å². The van der Waals surface area contributed by atoms with Crippen LogP contribution < -0.4 is 0 Å². The summed E-state index contributed by atoms with van der Waals surface area (Å²) in [5, 5.41) is 16.8. The standard InChI is InChI=1S/C10H11N3O2/c1-2-8-11-12-9-5-3-4-7(13(8)9)6-10(14)15/h3-5H,2,6H2,1H3,(H,14,15). The number of rotatable bonds is 3. The van der Waals surface area contributed by atoms with Crippen molar-refractivity contribution in [2.45, 2.75) is 19.8 Å². The van der Waals surface area contributed by atoms with Crippen LogP contribution in [0.4, 0.5) is 0 Å². The Morgan fingerprint density at radius 2 is 2.27 bits per heavy atom. The average Bonchev–Trinajstić information content (AvgIpc) is 2.61. The molecule has 5 nitrogen and oxygen atoms in total. The second-order valence-electron chi connectivity index (χ2n) is 3.25. The lowest BCUT2D eigenvalue weighted by molar-refractivity contribution is -0.136. The van der Waals surface area contributed by atoms with Gasteiger partial charge < -0.3 is 5.11 Å². The fourth-order valence-corrected chi connectivity index (χ4v) is 1.59. The summed E-state index contributed by atoms with van der Waals surface area (Å²) in [5.41, 5.74) is 1.41. The third-order valence-electron chi connectivity index (χ3n) is 2.22. The summed E-state index contributed by atoms with van der Waals surface area (Å²) < 4.78 is 1.80. The molecule has 78 valence electrons. The van der Waals surface area contributed by atoms with Crippen molar-refractivity contribution in [3.63, 3.8) is 0 Å². The number of aliphatic carboxylic acids is 1. The number of hydrogen-bond acceptors (Lipinski definition) is 3. The Hall–Kier alpha value is -1.91. The minimum Gasteiger partial charge on any atom is -0.481 e. The maximum absolute atomic E-state index is 10.7. The Bertz CT molecular complexity index is 504. The normalized spacial score (nSPS) is 10.7. The zero-order chi connectivity index (χ0) is 10.8. The van der Waals surface area contributed by atoms with E-state index >= 15 is 0 Å². The monoisotopic (exact) mass is 205 g/mol. The van der Waals surface area contributed by atoms with Crippen molar-refractivity contribution in [1.29, 1.82) is 0 Å². The second-order valence-corrected chi connectivity index (χ2v) is 3.25. The number of aromatic nitrogens is 3. The minimum atomic E-state index is -0.849. The molecule has 0 aliphatic rings. The highest BCUT2D eigenvalue weighted by molar-refractivity contribution is 5.70. The van der Waals surface area contributed by atoms with E-state index in [1.165, 1.54) is 0 Å². The van der Waals surface area contributed by atoms with Gasteiger partial charge in [0, 0.05) is 12.1 Å². The zero-order valence-corrected chi connectivity index (χ0v) is 8.34. The molecule has 2 aromatic rings. The summed E-state index contributed by atoms with van der Waals surface area (Å²) >= 11 is 0. The summed E-state index contributed by atoms with van der Waals surface area (Å²) in [6, 6.07) is 5.39. The highest BCUT2D eigenvalue weighted by Crippen LogP contribution is 2.09. The van der Waals surface area contributed by atoms with Crippen LogP contribution in [0.3, 0.4) is 0 Å². The van der Waals surface area contributed by atoms with E-state index in [0.717, 1.165) is 12.2 Å². The SMILES string of the molecule is CCc1nnc2cccc(CC(=O)O)n12. The first-order valence-electron chi connectivity index (χ1n) is 4.76. The Morgan fingerprint density at radius 3 is 2.93 bits per heavy atom. The van der Waals surface area contributed by atoms with Gasteiger partial charge in [-0.15, -0.1) is 10.2 Å². The summed E-state index contributed by atoms with van der Waals surface area (Å²) in [6.07, 6.45) is 0.722. The molecule has 0 aliphatic carbocycles. The average molecular weight is 205 g/mol. The molecule has 0 amide bonds. The van der Waals surface area contributed by atoms with Gasteiger partial charge in [-0.3, -0.25) is 9.20 Å². The number of nitrogens with zero attached hydrogens (tertiary/aromatic N) is 3. The van der Waals surface area contributed by atoms with Crippen LogP contribution in [-0.4, -0.2) is 25.7 Å². The quantitative estimate of drug-likeness (QED) is 0.809. The molecule has 5 heteroatoms. The molecule has 0 fully saturated rings. The van der Waals surface area contributed by atoms with Crippen LogP contribution in [0.25, 0.3) is 5.65 Å². The fraction of sp³-hybridized carbons (Fsp3) is 0.300. The maximum Gasteiger partial charge on any atom is 0.309 e. The highest BCUT2D eigenvalue weighted by Gasteiger charge is 2.09. The van der Waals surface area contributed by atoms with Gasteiger partial charge in [0.2, 0.25) is 0 Å². The molecule has 0 radical (unpaired) electrons. The Morgan fingerprint density at radius 1 is 1.47 bits per heavy atom. The smallest absolute Gasteiger partial charge is 0.309 e. The lowest BCUT2D eigenvalue weighted by atomic mass is 10.2. The van der Waals surface area contributed by atoms with Crippen molar-refractivity contribution in [2.75, 3.05) is 0 Å². The lowest BCUT2D eigenvalue weighted by Gasteiger charge is -2.03. The molecule has 0 aliphatic heterocycles. The molecule has 0 saturated carbocycles. The number of aryl methyl sites for hydroxylation is 1. The molecule has 0 atom stereocenters.